The van der Waals surface area contributed by atoms with Crippen molar-refractivity contribution in [3.8, 4) is 5.75 Å². The van der Waals surface area contributed by atoms with Crippen LogP contribution in [-0.4, -0.2) is 37.7 Å². The van der Waals surface area contributed by atoms with Crippen LogP contribution >= 0.6 is 0 Å². The topological polar surface area (TPSA) is 24.5 Å². The van der Waals surface area contributed by atoms with Crippen molar-refractivity contribution in [3.63, 3.8) is 0 Å². The lowest BCUT2D eigenvalue weighted by Crippen LogP contribution is -2.39. The number of methoxy groups -OCH3 is 1. The van der Waals surface area contributed by atoms with Gasteiger partial charge in [-0.25, -0.2) is 0 Å². The molecular weight excluding hydrogens is 248 g/mol. The maximum Gasteiger partial charge on any atom is 0.119 e. The number of fused-ring (bicyclic) bond motifs is 1. The first-order valence-corrected chi connectivity index (χ1v) is 7.96. The van der Waals surface area contributed by atoms with E-state index in [1.54, 1.807) is 7.11 Å². The van der Waals surface area contributed by atoms with Crippen molar-refractivity contribution in [2.45, 2.75) is 44.7 Å². The van der Waals surface area contributed by atoms with Crippen LogP contribution in [0.2, 0.25) is 0 Å². The van der Waals surface area contributed by atoms with Gasteiger partial charge in [0, 0.05) is 18.6 Å². The summed E-state index contributed by atoms with van der Waals surface area (Å²) in [6.07, 6.45) is 5.12. The molecule has 1 aromatic rings. The van der Waals surface area contributed by atoms with Crippen molar-refractivity contribution >= 4 is 0 Å². The SMILES string of the molecule is CCN(CC1CCCN1)C1CCc2ccc(OC)cc21. The summed E-state index contributed by atoms with van der Waals surface area (Å²) in [4.78, 5) is 2.65. The van der Waals surface area contributed by atoms with E-state index in [1.165, 1.54) is 49.9 Å². The lowest BCUT2D eigenvalue weighted by Gasteiger charge is -2.31. The molecule has 3 nitrogen and oxygen atoms in total. The zero-order valence-corrected chi connectivity index (χ0v) is 12.7. The van der Waals surface area contributed by atoms with E-state index in [0.29, 0.717) is 12.1 Å². The summed E-state index contributed by atoms with van der Waals surface area (Å²) in [5.74, 6) is 0.991. The fourth-order valence-corrected chi connectivity index (χ4v) is 3.74. The average molecular weight is 274 g/mol. The molecule has 1 heterocycles. The maximum atomic E-state index is 5.40. The summed E-state index contributed by atoms with van der Waals surface area (Å²) in [7, 11) is 1.76. The Morgan fingerprint density at radius 3 is 2.95 bits per heavy atom. The molecule has 3 heteroatoms. The Kier molecular flexibility index (Phi) is 4.27. The molecule has 1 aromatic carbocycles. The minimum Gasteiger partial charge on any atom is -0.497 e. The van der Waals surface area contributed by atoms with E-state index in [1.807, 2.05) is 0 Å². The molecule has 0 spiro atoms. The van der Waals surface area contributed by atoms with Crippen LogP contribution < -0.4 is 10.1 Å². The lowest BCUT2D eigenvalue weighted by molar-refractivity contribution is 0.189. The van der Waals surface area contributed by atoms with Gasteiger partial charge in [0.1, 0.15) is 5.75 Å². The van der Waals surface area contributed by atoms with Crippen LogP contribution in [0.25, 0.3) is 0 Å². The van der Waals surface area contributed by atoms with Gasteiger partial charge < -0.3 is 10.1 Å². The van der Waals surface area contributed by atoms with Crippen molar-refractivity contribution in [1.82, 2.24) is 10.2 Å². The van der Waals surface area contributed by atoms with Gasteiger partial charge in [0.2, 0.25) is 0 Å². The number of nitrogens with zero attached hydrogens (tertiary/aromatic N) is 1. The Morgan fingerprint density at radius 2 is 2.25 bits per heavy atom. The van der Waals surface area contributed by atoms with Gasteiger partial charge in [0.15, 0.2) is 0 Å². The van der Waals surface area contributed by atoms with Crippen LogP contribution in [0.5, 0.6) is 5.75 Å². The third-order valence-corrected chi connectivity index (χ3v) is 4.86. The second-order valence-electron chi connectivity index (χ2n) is 6.00. The Balaban J connectivity index is 1.76. The molecule has 0 bridgehead atoms. The van der Waals surface area contributed by atoms with E-state index in [-0.39, 0.29) is 0 Å². The van der Waals surface area contributed by atoms with E-state index < -0.39 is 0 Å². The Bertz CT molecular complexity index is 454. The lowest BCUT2D eigenvalue weighted by atomic mass is 10.1. The highest BCUT2D eigenvalue weighted by Gasteiger charge is 2.29. The number of hydrogen-bond acceptors (Lipinski definition) is 3. The van der Waals surface area contributed by atoms with Crippen LogP contribution in [0.15, 0.2) is 18.2 Å². The van der Waals surface area contributed by atoms with Crippen molar-refractivity contribution in [2.75, 3.05) is 26.7 Å². The summed E-state index contributed by atoms with van der Waals surface area (Å²) in [6, 6.07) is 7.85. The maximum absolute atomic E-state index is 5.40. The Labute approximate surface area is 122 Å². The highest BCUT2D eigenvalue weighted by Crippen LogP contribution is 2.37. The van der Waals surface area contributed by atoms with Crippen molar-refractivity contribution in [1.29, 1.82) is 0 Å². The molecule has 3 rings (SSSR count). The smallest absolute Gasteiger partial charge is 0.119 e. The predicted octanol–water partition coefficient (Wildman–Crippen LogP) is 2.76. The van der Waals surface area contributed by atoms with E-state index in [2.05, 4.69) is 35.3 Å². The second-order valence-corrected chi connectivity index (χ2v) is 6.00. The molecule has 2 atom stereocenters. The standard InChI is InChI=1S/C17H26N2O/c1-3-19(12-14-5-4-10-18-14)17-9-7-13-6-8-15(20-2)11-16(13)17/h6,8,11,14,17-18H,3-5,7,9-10,12H2,1-2H3. The van der Waals surface area contributed by atoms with Crippen molar-refractivity contribution in [3.05, 3.63) is 29.3 Å². The number of benzene rings is 1. The van der Waals surface area contributed by atoms with E-state index >= 15 is 0 Å². The zero-order chi connectivity index (χ0) is 13.9. The van der Waals surface area contributed by atoms with E-state index in [0.717, 1.165) is 12.3 Å². The third kappa shape index (κ3) is 2.70. The zero-order valence-electron chi connectivity index (χ0n) is 12.7. The van der Waals surface area contributed by atoms with Crippen LogP contribution in [0.4, 0.5) is 0 Å². The number of likely N-dealkylation sites (N-methyl/N-ethyl adjacent to an activating group) is 1. The van der Waals surface area contributed by atoms with E-state index in [4.69, 9.17) is 4.74 Å². The van der Waals surface area contributed by atoms with Crippen molar-refractivity contribution in [2.24, 2.45) is 0 Å². The molecule has 0 radical (unpaired) electrons. The molecule has 1 N–H and O–H groups in total. The summed E-state index contributed by atoms with van der Waals surface area (Å²) >= 11 is 0. The monoisotopic (exact) mass is 274 g/mol. The van der Waals surface area contributed by atoms with Gasteiger partial charge in [0.05, 0.1) is 7.11 Å². The minimum atomic E-state index is 0.576. The fraction of sp³-hybridized carbons (Fsp3) is 0.647. The Morgan fingerprint density at radius 1 is 1.35 bits per heavy atom. The van der Waals surface area contributed by atoms with Crippen LogP contribution in [-0.2, 0) is 6.42 Å². The average Bonchev–Trinajstić information content (AvgIpc) is 3.13. The third-order valence-electron chi connectivity index (χ3n) is 4.86. The quantitative estimate of drug-likeness (QED) is 0.893. The highest BCUT2D eigenvalue weighted by molar-refractivity contribution is 5.40. The first-order valence-electron chi connectivity index (χ1n) is 7.96. The molecule has 0 aromatic heterocycles. The van der Waals surface area contributed by atoms with Gasteiger partial charge in [-0.1, -0.05) is 13.0 Å². The normalized spacial score (nSPS) is 25.1. The molecule has 1 aliphatic heterocycles. The molecule has 20 heavy (non-hydrogen) atoms. The van der Waals surface area contributed by atoms with Gasteiger partial charge in [-0.05, 0) is 62.0 Å². The van der Waals surface area contributed by atoms with Gasteiger partial charge in [-0.2, -0.15) is 0 Å². The molecule has 1 fully saturated rings. The Hall–Kier alpha value is -1.06. The molecule has 0 saturated carbocycles. The van der Waals surface area contributed by atoms with E-state index in [9.17, 15) is 0 Å². The molecule has 2 aliphatic rings. The summed E-state index contributed by atoms with van der Waals surface area (Å²) in [5, 5.41) is 3.63. The number of rotatable bonds is 5. The van der Waals surface area contributed by atoms with Crippen LogP contribution in [0.3, 0.4) is 0 Å². The fourth-order valence-electron chi connectivity index (χ4n) is 3.74. The number of nitrogens with one attached hydrogen (secondary N) is 1. The molecule has 2 unspecified atom stereocenters. The summed E-state index contributed by atoms with van der Waals surface area (Å²) in [5.41, 5.74) is 3.00. The number of hydrogen-bond donors (Lipinski definition) is 1. The second kappa shape index (κ2) is 6.15. The predicted molar refractivity (Wildman–Crippen MR) is 82.3 cm³/mol. The summed E-state index contributed by atoms with van der Waals surface area (Å²) in [6.45, 7) is 5.78. The van der Waals surface area contributed by atoms with Crippen molar-refractivity contribution < 1.29 is 4.74 Å². The van der Waals surface area contributed by atoms with Gasteiger partial charge in [0.25, 0.3) is 0 Å². The minimum absolute atomic E-state index is 0.576. The number of ether oxygens (including phenoxy) is 1. The first kappa shape index (κ1) is 13.9. The molecule has 1 aliphatic carbocycles. The molecule has 110 valence electrons. The number of aryl methyl sites for hydroxylation is 1. The highest BCUT2D eigenvalue weighted by atomic mass is 16.5. The summed E-state index contributed by atoms with van der Waals surface area (Å²) < 4.78 is 5.40. The molecule has 0 amide bonds. The largest absolute Gasteiger partial charge is 0.497 e. The molecular formula is C17H26N2O. The van der Waals surface area contributed by atoms with Gasteiger partial charge >= 0.3 is 0 Å². The molecule has 1 saturated heterocycles. The van der Waals surface area contributed by atoms with Gasteiger partial charge in [-0.15, -0.1) is 0 Å². The van der Waals surface area contributed by atoms with Gasteiger partial charge in [-0.3, -0.25) is 4.90 Å². The van der Waals surface area contributed by atoms with Crippen LogP contribution in [0, 0.1) is 0 Å². The first-order chi connectivity index (χ1) is 9.81. The van der Waals surface area contributed by atoms with Crippen LogP contribution in [0.1, 0.15) is 43.4 Å².